The Morgan fingerprint density at radius 2 is 2.32 bits per heavy atom. The molecule has 1 aliphatic heterocycles. The predicted molar refractivity (Wildman–Crippen MR) is 82.3 cm³/mol. The molecular weight excluding hydrogens is 304 g/mol. The number of H-pyrrole nitrogens is 1. The first-order valence-corrected chi connectivity index (χ1v) is 7.87. The highest BCUT2D eigenvalue weighted by molar-refractivity contribution is 6.29. The quantitative estimate of drug-likeness (QED) is 0.911. The van der Waals surface area contributed by atoms with Crippen LogP contribution < -0.4 is 0 Å². The van der Waals surface area contributed by atoms with Crippen molar-refractivity contribution >= 4 is 11.6 Å². The van der Waals surface area contributed by atoms with Gasteiger partial charge in [-0.15, -0.1) is 0 Å². The number of nitrogens with zero attached hydrogens (tertiary/aromatic N) is 5. The summed E-state index contributed by atoms with van der Waals surface area (Å²) in [5.74, 6) is 2.57. The van der Waals surface area contributed by atoms with Gasteiger partial charge in [-0.05, 0) is 19.4 Å². The summed E-state index contributed by atoms with van der Waals surface area (Å²) in [5, 5.41) is 7.97. The highest BCUT2D eigenvalue weighted by Crippen LogP contribution is 2.30. The molecule has 3 heterocycles. The van der Waals surface area contributed by atoms with E-state index in [1.54, 1.807) is 13.3 Å². The summed E-state index contributed by atoms with van der Waals surface area (Å²) in [5.41, 5.74) is 0. The van der Waals surface area contributed by atoms with Crippen LogP contribution in [0.5, 0.6) is 0 Å². The number of likely N-dealkylation sites (tertiary alicyclic amines) is 1. The molecule has 22 heavy (non-hydrogen) atoms. The van der Waals surface area contributed by atoms with E-state index in [-0.39, 0.29) is 6.04 Å². The van der Waals surface area contributed by atoms with E-state index in [1.165, 1.54) is 12.8 Å². The number of hydrogen-bond acceptors (Lipinski definition) is 5. The van der Waals surface area contributed by atoms with Crippen molar-refractivity contribution in [3.8, 4) is 0 Å². The van der Waals surface area contributed by atoms with Crippen molar-refractivity contribution in [3.63, 3.8) is 0 Å². The predicted octanol–water partition coefficient (Wildman–Crippen LogP) is 2.07. The van der Waals surface area contributed by atoms with E-state index in [9.17, 15) is 0 Å². The van der Waals surface area contributed by atoms with E-state index in [1.807, 2.05) is 11.6 Å². The summed E-state index contributed by atoms with van der Waals surface area (Å²) >= 11 is 6.08. The van der Waals surface area contributed by atoms with Crippen LogP contribution in [0.1, 0.15) is 42.8 Å². The van der Waals surface area contributed by atoms with Crippen molar-refractivity contribution < 1.29 is 4.74 Å². The van der Waals surface area contributed by atoms with Crippen molar-refractivity contribution in [2.24, 2.45) is 7.05 Å². The van der Waals surface area contributed by atoms with Crippen LogP contribution in [0.25, 0.3) is 0 Å². The van der Waals surface area contributed by atoms with Crippen LogP contribution in [0.4, 0.5) is 0 Å². The minimum Gasteiger partial charge on any atom is -0.377 e. The molecule has 0 bridgehead atoms. The Morgan fingerprint density at radius 3 is 3.05 bits per heavy atom. The molecule has 0 amide bonds. The maximum absolute atomic E-state index is 6.08. The van der Waals surface area contributed by atoms with Crippen LogP contribution in [0.2, 0.25) is 5.15 Å². The molecule has 0 spiro atoms. The Labute approximate surface area is 134 Å². The van der Waals surface area contributed by atoms with Crippen LogP contribution in [0.15, 0.2) is 6.20 Å². The fraction of sp³-hybridized carbons (Fsp3) is 0.643. The second kappa shape index (κ2) is 6.76. The fourth-order valence-corrected chi connectivity index (χ4v) is 3.03. The average molecular weight is 325 g/mol. The van der Waals surface area contributed by atoms with Crippen LogP contribution in [0, 0.1) is 0 Å². The van der Waals surface area contributed by atoms with Crippen molar-refractivity contribution in [1.82, 2.24) is 29.6 Å². The molecule has 2 aromatic rings. The summed E-state index contributed by atoms with van der Waals surface area (Å²) in [6.45, 7) is 2.22. The van der Waals surface area contributed by atoms with Gasteiger partial charge in [0.15, 0.2) is 11.6 Å². The summed E-state index contributed by atoms with van der Waals surface area (Å²) in [7, 11) is 3.59. The number of hydrogen-bond donors (Lipinski definition) is 1. The van der Waals surface area contributed by atoms with Gasteiger partial charge in [0, 0.05) is 14.2 Å². The molecule has 0 unspecified atom stereocenters. The highest BCUT2D eigenvalue weighted by atomic mass is 35.5. The lowest BCUT2D eigenvalue weighted by Gasteiger charge is -2.33. The monoisotopic (exact) mass is 324 g/mol. The van der Waals surface area contributed by atoms with Crippen LogP contribution in [-0.2, 0) is 24.9 Å². The van der Waals surface area contributed by atoms with Gasteiger partial charge in [-0.1, -0.05) is 18.0 Å². The summed E-state index contributed by atoms with van der Waals surface area (Å²) in [6.07, 6.45) is 5.13. The van der Waals surface area contributed by atoms with Crippen LogP contribution >= 0.6 is 11.6 Å². The van der Waals surface area contributed by atoms with E-state index < -0.39 is 0 Å². The van der Waals surface area contributed by atoms with E-state index in [2.05, 4.69) is 25.1 Å². The van der Waals surface area contributed by atoms with Gasteiger partial charge in [0.2, 0.25) is 0 Å². The molecule has 120 valence electrons. The first-order chi connectivity index (χ1) is 10.7. The third kappa shape index (κ3) is 3.16. The molecule has 0 radical (unpaired) electrons. The number of halogens is 1. The molecule has 1 aliphatic rings. The number of aromatic amines is 1. The lowest BCUT2D eigenvalue weighted by molar-refractivity contribution is 0.129. The van der Waals surface area contributed by atoms with Gasteiger partial charge in [0.05, 0.1) is 18.8 Å². The molecule has 1 saturated heterocycles. The normalized spacial score (nSPS) is 19.7. The minimum absolute atomic E-state index is 0.214. The first-order valence-electron chi connectivity index (χ1n) is 7.49. The third-order valence-electron chi connectivity index (χ3n) is 4.11. The van der Waals surface area contributed by atoms with Gasteiger partial charge in [0.25, 0.3) is 0 Å². The van der Waals surface area contributed by atoms with Crippen molar-refractivity contribution in [2.45, 2.75) is 38.5 Å². The molecule has 3 rings (SSSR count). The van der Waals surface area contributed by atoms with Crippen LogP contribution in [0.3, 0.4) is 0 Å². The lowest BCUT2D eigenvalue weighted by atomic mass is 10.0. The van der Waals surface area contributed by atoms with E-state index in [4.69, 9.17) is 16.3 Å². The molecule has 1 atom stereocenters. The zero-order valence-corrected chi connectivity index (χ0v) is 13.7. The smallest absolute Gasteiger partial charge is 0.167 e. The standard InChI is InChI=1S/C14H21ClN6O/c1-20-11(15)7-16-13(20)8-21-6-4-3-5-10(21)14-17-12(9-22-2)18-19-14/h7,10H,3-6,8-9H2,1-2H3,(H,17,18,19)/t10-/m0/s1. The Balaban J connectivity index is 1.77. The number of methoxy groups -OCH3 is 1. The molecule has 0 aliphatic carbocycles. The zero-order chi connectivity index (χ0) is 15.5. The summed E-state index contributed by atoms with van der Waals surface area (Å²) in [4.78, 5) is 11.3. The third-order valence-corrected chi connectivity index (χ3v) is 4.47. The molecule has 8 heteroatoms. The Morgan fingerprint density at radius 1 is 1.45 bits per heavy atom. The molecule has 2 aromatic heterocycles. The molecule has 7 nitrogen and oxygen atoms in total. The molecule has 1 fully saturated rings. The molecule has 0 aromatic carbocycles. The lowest BCUT2D eigenvalue weighted by Crippen LogP contribution is -2.34. The van der Waals surface area contributed by atoms with Gasteiger partial charge in [0.1, 0.15) is 17.6 Å². The Kier molecular flexibility index (Phi) is 4.75. The average Bonchev–Trinajstić information content (AvgIpc) is 3.10. The topological polar surface area (TPSA) is 71.9 Å². The maximum atomic E-state index is 6.08. The van der Waals surface area contributed by atoms with Gasteiger partial charge < -0.3 is 9.30 Å². The van der Waals surface area contributed by atoms with Crippen molar-refractivity contribution in [2.75, 3.05) is 13.7 Å². The molecule has 0 saturated carbocycles. The number of nitrogens with one attached hydrogen (secondary N) is 1. The second-order valence-electron chi connectivity index (χ2n) is 5.61. The zero-order valence-electron chi connectivity index (χ0n) is 12.9. The fourth-order valence-electron chi connectivity index (χ4n) is 2.89. The van der Waals surface area contributed by atoms with E-state index >= 15 is 0 Å². The number of rotatable bonds is 5. The van der Waals surface area contributed by atoms with Gasteiger partial charge in [-0.2, -0.15) is 5.10 Å². The number of piperidine rings is 1. The summed E-state index contributed by atoms with van der Waals surface area (Å²) in [6, 6.07) is 0.214. The van der Waals surface area contributed by atoms with Crippen LogP contribution in [-0.4, -0.2) is 43.3 Å². The minimum atomic E-state index is 0.214. The van der Waals surface area contributed by atoms with Crippen molar-refractivity contribution in [1.29, 1.82) is 0 Å². The second-order valence-corrected chi connectivity index (χ2v) is 6.00. The van der Waals surface area contributed by atoms with Crippen molar-refractivity contribution in [3.05, 3.63) is 28.8 Å². The maximum Gasteiger partial charge on any atom is 0.167 e. The molecular formula is C14H21ClN6O. The first kappa shape index (κ1) is 15.5. The number of aromatic nitrogens is 5. The number of ether oxygens (including phenoxy) is 1. The van der Waals surface area contributed by atoms with E-state index in [0.717, 1.165) is 37.0 Å². The van der Waals surface area contributed by atoms with Gasteiger partial charge in [-0.3, -0.25) is 10.00 Å². The SMILES string of the molecule is COCc1nc([C@@H]2CCCCN2Cc2ncc(Cl)n2C)n[nH]1. The largest absolute Gasteiger partial charge is 0.377 e. The Bertz CT molecular complexity index is 625. The van der Waals surface area contributed by atoms with E-state index in [0.29, 0.717) is 11.8 Å². The molecule has 1 N–H and O–H groups in total. The Hall–Kier alpha value is -1.44. The van der Waals surface area contributed by atoms with Gasteiger partial charge >= 0.3 is 0 Å². The highest BCUT2D eigenvalue weighted by Gasteiger charge is 2.28. The summed E-state index contributed by atoms with van der Waals surface area (Å²) < 4.78 is 7.01. The number of imidazole rings is 1. The van der Waals surface area contributed by atoms with Gasteiger partial charge in [-0.25, -0.2) is 9.97 Å².